The van der Waals surface area contributed by atoms with Crippen LogP contribution in [0.1, 0.15) is 32.8 Å². The second-order valence-electron chi connectivity index (χ2n) is 5.34. The topological polar surface area (TPSA) is 12.0 Å². The van der Waals surface area contributed by atoms with Gasteiger partial charge in [-0.15, -0.1) is 0 Å². The molecule has 14 heavy (non-hydrogen) atoms. The molecule has 1 heteroatoms. The third kappa shape index (κ3) is 1.69. The van der Waals surface area contributed by atoms with Gasteiger partial charge in [-0.1, -0.05) is 37.3 Å². The lowest BCUT2D eigenvalue weighted by Crippen LogP contribution is -2.31. The molecule has 1 aliphatic heterocycles. The Morgan fingerprint density at radius 2 is 1.71 bits per heavy atom. The molecule has 1 nitrogen and oxygen atoms in total. The Balaban J connectivity index is 2.27. The van der Waals surface area contributed by atoms with Crippen LogP contribution in [0.15, 0.2) is 30.3 Å². The lowest BCUT2D eigenvalue weighted by molar-refractivity contribution is 0.426. The normalized spacial score (nSPS) is 30.5. The first kappa shape index (κ1) is 9.72. The van der Waals surface area contributed by atoms with Gasteiger partial charge in [-0.05, 0) is 25.8 Å². The number of nitrogens with one attached hydrogen (secondary N) is 1. The second kappa shape index (κ2) is 3.09. The van der Waals surface area contributed by atoms with E-state index in [0.29, 0.717) is 5.41 Å². The summed E-state index contributed by atoms with van der Waals surface area (Å²) < 4.78 is 0. The fourth-order valence-electron chi connectivity index (χ4n) is 2.58. The molecule has 0 radical (unpaired) electrons. The van der Waals surface area contributed by atoms with E-state index < -0.39 is 0 Å². The van der Waals surface area contributed by atoms with E-state index in [2.05, 4.69) is 56.4 Å². The molecule has 1 fully saturated rings. The Morgan fingerprint density at radius 1 is 1.07 bits per heavy atom. The molecular formula is C13H19N. The minimum absolute atomic E-state index is 0.282. The molecule has 1 N–H and O–H groups in total. The van der Waals surface area contributed by atoms with Crippen molar-refractivity contribution in [3.05, 3.63) is 35.9 Å². The molecule has 1 aliphatic rings. The third-order valence-electron chi connectivity index (χ3n) is 3.26. The van der Waals surface area contributed by atoms with E-state index in [9.17, 15) is 0 Å². The van der Waals surface area contributed by atoms with Gasteiger partial charge in [0.2, 0.25) is 0 Å². The zero-order chi connectivity index (χ0) is 10.2. The molecule has 1 saturated heterocycles. The molecule has 1 aromatic rings. The quantitative estimate of drug-likeness (QED) is 0.716. The Labute approximate surface area is 86.5 Å². The van der Waals surface area contributed by atoms with Crippen molar-refractivity contribution < 1.29 is 0 Å². The van der Waals surface area contributed by atoms with Crippen molar-refractivity contribution in [1.82, 2.24) is 5.32 Å². The molecule has 1 atom stereocenters. The zero-order valence-electron chi connectivity index (χ0n) is 9.30. The minimum Gasteiger partial charge on any atom is -0.311 e. The molecule has 0 bridgehead atoms. The molecule has 1 heterocycles. The first-order valence-electron chi connectivity index (χ1n) is 5.32. The maximum Gasteiger partial charge on any atom is 0.0134 e. The van der Waals surface area contributed by atoms with Crippen LogP contribution >= 0.6 is 0 Å². The predicted molar refractivity (Wildman–Crippen MR) is 60.5 cm³/mol. The van der Waals surface area contributed by atoms with Crippen LogP contribution in [0, 0.1) is 0 Å². The van der Waals surface area contributed by atoms with Crippen molar-refractivity contribution in [2.75, 3.05) is 6.54 Å². The minimum atomic E-state index is 0.282. The van der Waals surface area contributed by atoms with E-state index in [1.165, 1.54) is 12.0 Å². The second-order valence-corrected chi connectivity index (χ2v) is 5.34. The molecule has 1 aromatic carbocycles. The van der Waals surface area contributed by atoms with Gasteiger partial charge < -0.3 is 5.32 Å². The van der Waals surface area contributed by atoms with Gasteiger partial charge >= 0.3 is 0 Å². The average molecular weight is 189 g/mol. The highest BCUT2D eigenvalue weighted by Gasteiger charge is 2.40. The first-order chi connectivity index (χ1) is 6.52. The van der Waals surface area contributed by atoms with Crippen molar-refractivity contribution in [2.24, 2.45) is 0 Å². The molecule has 0 aliphatic carbocycles. The van der Waals surface area contributed by atoms with Gasteiger partial charge in [-0.3, -0.25) is 0 Å². The van der Waals surface area contributed by atoms with Crippen LogP contribution in [0.5, 0.6) is 0 Å². The Bertz CT molecular complexity index is 315. The summed E-state index contributed by atoms with van der Waals surface area (Å²) in [4.78, 5) is 0. The van der Waals surface area contributed by atoms with E-state index in [0.717, 1.165) is 6.54 Å². The van der Waals surface area contributed by atoms with Crippen molar-refractivity contribution in [1.29, 1.82) is 0 Å². The molecule has 76 valence electrons. The summed E-state index contributed by atoms with van der Waals surface area (Å²) in [6, 6.07) is 10.8. The van der Waals surface area contributed by atoms with Gasteiger partial charge in [-0.25, -0.2) is 0 Å². The number of hydrogen-bond acceptors (Lipinski definition) is 1. The smallest absolute Gasteiger partial charge is 0.0134 e. The SMILES string of the molecule is CC1(C)CC(C)(c2ccccc2)CN1. The van der Waals surface area contributed by atoms with Crippen LogP contribution in [0.4, 0.5) is 0 Å². The number of hydrogen-bond donors (Lipinski definition) is 1. The number of benzene rings is 1. The van der Waals surface area contributed by atoms with Crippen LogP contribution in [0.3, 0.4) is 0 Å². The summed E-state index contributed by atoms with van der Waals surface area (Å²) >= 11 is 0. The lowest BCUT2D eigenvalue weighted by atomic mass is 9.78. The van der Waals surface area contributed by atoms with Crippen molar-refractivity contribution in [3.63, 3.8) is 0 Å². The first-order valence-corrected chi connectivity index (χ1v) is 5.32. The summed E-state index contributed by atoms with van der Waals surface area (Å²) in [6.07, 6.45) is 1.21. The van der Waals surface area contributed by atoms with Crippen molar-refractivity contribution in [3.8, 4) is 0 Å². The van der Waals surface area contributed by atoms with Gasteiger partial charge in [0.25, 0.3) is 0 Å². The average Bonchev–Trinajstić information content (AvgIpc) is 2.44. The molecule has 0 saturated carbocycles. The molecule has 0 spiro atoms. The van der Waals surface area contributed by atoms with Gasteiger partial charge in [0.05, 0.1) is 0 Å². The van der Waals surface area contributed by atoms with E-state index in [1.54, 1.807) is 0 Å². The van der Waals surface area contributed by atoms with E-state index in [-0.39, 0.29) is 5.54 Å². The summed E-state index contributed by atoms with van der Waals surface area (Å²) in [7, 11) is 0. The molecular weight excluding hydrogens is 170 g/mol. The molecule has 2 rings (SSSR count). The van der Waals surface area contributed by atoms with Crippen LogP contribution < -0.4 is 5.32 Å². The number of rotatable bonds is 1. The van der Waals surface area contributed by atoms with Crippen molar-refractivity contribution >= 4 is 0 Å². The highest BCUT2D eigenvalue weighted by Crippen LogP contribution is 2.37. The summed E-state index contributed by atoms with van der Waals surface area (Å²) in [5, 5.41) is 3.58. The van der Waals surface area contributed by atoms with Gasteiger partial charge in [-0.2, -0.15) is 0 Å². The molecule has 1 unspecified atom stereocenters. The Hall–Kier alpha value is -0.820. The summed E-state index contributed by atoms with van der Waals surface area (Å²) in [5.74, 6) is 0. The zero-order valence-corrected chi connectivity index (χ0v) is 9.30. The van der Waals surface area contributed by atoms with Crippen molar-refractivity contribution in [2.45, 2.75) is 38.1 Å². The van der Waals surface area contributed by atoms with Crippen LogP contribution in [-0.4, -0.2) is 12.1 Å². The fourth-order valence-corrected chi connectivity index (χ4v) is 2.58. The third-order valence-corrected chi connectivity index (χ3v) is 3.26. The maximum atomic E-state index is 3.58. The lowest BCUT2D eigenvalue weighted by Gasteiger charge is -2.25. The van der Waals surface area contributed by atoms with Crippen LogP contribution in [-0.2, 0) is 5.41 Å². The van der Waals surface area contributed by atoms with E-state index in [4.69, 9.17) is 0 Å². The Kier molecular flexibility index (Phi) is 2.15. The van der Waals surface area contributed by atoms with Crippen LogP contribution in [0.25, 0.3) is 0 Å². The summed E-state index contributed by atoms with van der Waals surface area (Å²) in [5.41, 5.74) is 2.05. The summed E-state index contributed by atoms with van der Waals surface area (Å²) in [6.45, 7) is 8.00. The van der Waals surface area contributed by atoms with Gasteiger partial charge in [0.15, 0.2) is 0 Å². The van der Waals surface area contributed by atoms with E-state index in [1.807, 2.05) is 0 Å². The fraction of sp³-hybridized carbons (Fsp3) is 0.538. The van der Waals surface area contributed by atoms with Crippen LogP contribution in [0.2, 0.25) is 0 Å². The standard InChI is InChI=1S/C13H19N/c1-12(2)9-13(3,10-14-12)11-7-5-4-6-8-11/h4-8,14H,9-10H2,1-3H3. The highest BCUT2D eigenvalue weighted by atomic mass is 15.0. The molecule has 0 amide bonds. The largest absolute Gasteiger partial charge is 0.311 e. The predicted octanol–water partition coefficient (Wildman–Crippen LogP) is 2.72. The van der Waals surface area contributed by atoms with Gasteiger partial charge in [0, 0.05) is 17.5 Å². The molecule has 0 aromatic heterocycles. The van der Waals surface area contributed by atoms with Gasteiger partial charge in [0.1, 0.15) is 0 Å². The highest BCUT2D eigenvalue weighted by molar-refractivity contribution is 5.27. The van der Waals surface area contributed by atoms with E-state index >= 15 is 0 Å². The Morgan fingerprint density at radius 3 is 2.21 bits per heavy atom. The monoisotopic (exact) mass is 189 g/mol. The maximum absolute atomic E-state index is 3.58.